The molecule has 0 spiro atoms. The van der Waals surface area contributed by atoms with E-state index in [1.807, 2.05) is 0 Å². The molecule has 2 atom stereocenters. The summed E-state index contributed by atoms with van der Waals surface area (Å²) in [5.74, 6) is -1.52. The molecule has 9 nitrogen and oxygen atoms in total. The Labute approximate surface area is 98.7 Å². The zero-order valence-electron chi connectivity index (χ0n) is 9.36. The van der Waals surface area contributed by atoms with Gasteiger partial charge in [0, 0.05) is 12.6 Å². The van der Waals surface area contributed by atoms with Crippen LogP contribution in [0.2, 0.25) is 0 Å². The van der Waals surface area contributed by atoms with E-state index in [2.05, 4.69) is 10.6 Å². The lowest BCUT2D eigenvalue weighted by Gasteiger charge is -2.20. The number of hydrogen-bond donors (Lipinski definition) is 8. The highest BCUT2D eigenvalue weighted by Gasteiger charge is 2.15. The average Bonchev–Trinajstić information content (AvgIpc) is 2.20. The number of hydrogen-bond acceptors (Lipinski definition) is 4. The van der Waals surface area contributed by atoms with Crippen molar-refractivity contribution >= 4 is 17.9 Å². The van der Waals surface area contributed by atoms with Crippen molar-refractivity contribution in [3.8, 4) is 0 Å². The highest BCUT2D eigenvalue weighted by atomic mass is 16.4. The summed E-state index contributed by atoms with van der Waals surface area (Å²) in [5.41, 5.74) is 15.6. The molecule has 0 radical (unpaired) electrons. The van der Waals surface area contributed by atoms with Gasteiger partial charge in [0.05, 0.1) is 0 Å². The van der Waals surface area contributed by atoms with Gasteiger partial charge in [0.1, 0.15) is 6.04 Å². The fourth-order valence-electron chi connectivity index (χ4n) is 1.18. The van der Waals surface area contributed by atoms with Crippen molar-refractivity contribution in [2.45, 2.75) is 24.9 Å². The summed E-state index contributed by atoms with van der Waals surface area (Å²) in [6.07, 6.45) is 0.632. The maximum Gasteiger partial charge on any atom is 0.320 e. The molecule has 0 fully saturated rings. The number of aliphatic carboxylic acids is 1. The smallest absolute Gasteiger partial charge is 0.320 e. The number of carboxylic acids is 1. The van der Waals surface area contributed by atoms with Crippen molar-refractivity contribution in [2.24, 2.45) is 17.2 Å². The van der Waals surface area contributed by atoms with Crippen molar-refractivity contribution in [3.63, 3.8) is 0 Å². The lowest BCUT2D eigenvalue weighted by molar-refractivity contribution is -0.138. The SMILES string of the molecule is N=C(N)NCC(CC[C@H](N)C(=O)O)NC(=N)N. The highest BCUT2D eigenvalue weighted by molar-refractivity contribution is 5.76. The van der Waals surface area contributed by atoms with Crippen LogP contribution in [-0.4, -0.2) is 41.6 Å². The number of carbonyl (C=O) groups is 1. The second kappa shape index (κ2) is 7.28. The largest absolute Gasteiger partial charge is 0.480 e. The molecule has 0 aromatic heterocycles. The molecule has 11 N–H and O–H groups in total. The van der Waals surface area contributed by atoms with Gasteiger partial charge in [-0.25, -0.2) is 0 Å². The van der Waals surface area contributed by atoms with Crippen LogP contribution in [0, 0.1) is 10.8 Å². The van der Waals surface area contributed by atoms with Crippen LogP contribution in [0.3, 0.4) is 0 Å². The molecule has 0 rings (SSSR count). The lowest BCUT2D eigenvalue weighted by Crippen LogP contribution is -2.48. The maximum absolute atomic E-state index is 10.5. The molecule has 0 amide bonds. The Bertz CT molecular complexity index is 294. The van der Waals surface area contributed by atoms with Crippen LogP contribution >= 0.6 is 0 Å². The molecular weight excluding hydrogens is 226 g/mol. The van der Waals surface area contributed by atoms with Gasteiger partial charge in [0.2, 0.25) is 0 Å². The van der Waals surface area contributed by atoms with Gasteiger partial charge in [-0.2, -0.15) is 0 Å². The van der Waals surface area contributed by atoms with Gasteiger partial charge >= 0.3 is 5.97 Å². The molecule has 0 bridgehead atoms. The summed E-state index contributed by atoms with van der Waals surface area (Å²) in [4.78, 5) is 10.5. The van der Waals surface area contributed by atoms with Crippen molar-refractivity contribution in [1.29, 1.82) is 10.8 Å². The second-order valence-electron chi connectivity index (χ2n) is 3.57. The first-order valence-electron chi connectivity index (χ1n) is 4.99. The quantitative estimate of drug-likeness (QED) is 0.180. The van der Waals surface area contributed by atoms with E-state index in [1.54, 1.807) is 0 Å². The number of carboxylic acid groups (broad SMARTS) is 1. The molecule has 0 saturated heterocycles. The molecule has 0 heterocycles. The zero-order chi connectivity index (χ0) is 13.4. The van der Waals surface area contributed by atoms with Gasteiger partial charge < -0.3 is 32.9 Å². The van der Waals surface area contributed by atoms with Crippen molar-refractivity contribution in [1.82, 2.24) is 10.6 Å². The van der Waals surface area contributed by atoms with Crippen LogP contribution in [-0.2, 0) is 4.79 Å². The standard InChI is InChI=1S/C8H19N7O2/c9-5(6(16)17)2-1-4(15-8(12)13)3-14-7(10)11/h4-5H,1-3,9H2,(H,16,17)(H4,10,11,14)(H4,12,13,15)/t4?,5-/m0/s1. The molecular formula is C8H19N7O2. The molecule has 9 heteroatoms. The Balaban J connectivity index is 4.13. The fourth-order valence-corrected chi connectivity index (χ4v) is 1.18. The third-order valence-electron chi connectivity index (χ3n) is 2.04. The van der Waals surface area contributed by atoms with E-state index < -0.39 is 12.0 Å². The van der Waals surface area contributed by atoms with Gasteiger partial charge in [0.25, 0.3) is 0 Å². The van der Waals surface area contributed by atoms with E-state index in [-0.39, 0.29) is 30.9 Å². The first kappa shape index (κ1) is 15.0. The summed E-state index contributed by atoms with van der Waals surface area (Å²) in [6, 6.07) is -1.26. The number of nitrogens with one attached hydrogen (secondary N) is 4. The molecule has 0 saturated carbocycles. The van der Waals surface area contributed by atoms with E-state index in [0.29, 0.717) is 6.42 Å². The lowest BCUT2D eigenvalue weighted by atomic mass is 10.1. The van der Waals surface area contributed by atoms with Crippen molar-refractivity contribution in [2.75, 3.05) is 6.54 Å². The van der Waals surface area contributed by atoms with Gasteiger partial charge in [-0.1, -0.05) is 0 Å². The normalized spacial score (nSPS) is 13.5. The minimum atomic E-state index is -1.08. The molecule has 0 aliphatic carbocycles. The highest BCUT2D eigenvalue weighted by Crippen LogP contribution is 2.00. The minimum Gasteiger partial charge on any atom is -0.480 e. The van der Waals surface area contributed by atoms with Gasteiger partial charge in [-0.15, -0.1) is 0 Å². The average molecular weight is 245 g/mol. The Kier molecular flexibility index (Phi) is 6.41. The third kappa shape index (κ3) is 7.85. The topological polar surface area (TPSA) is 187 Å². The Morgan fingerprint density at radius 2 is 1.82 bits per heavy atom. The van der Waals surface area contributed by atoms with E-state index in [0.717, 1.165) is 0 Å². The van der Waals surface area contributed by atoms with E-state index >= 15 is 0 Å². The summed E-state index contributed by atoms with van der Waals surface area (Å²) in [7, 11) is 0. The minimum absolute atomic E-state index is 0.206. The predicted molar refractivity (Wildman–Crippen MR) is 63.6 cm³/mol. The van der Waals surface area contributed by atoms with E-state index in [9.17, 15) is 4.79 Å². The van der Waals surface area contributed by atoms with Gasteiger partial charge in [-0.05, 0) is 12.8 Å². The summed E-state index contributed by atoms with van der Waals surface area (Å²) < 4.78 is 0. The van der Waals surface area contributed by atoms with Gasteiger partial charge in [0.15, 0.2) is 11.9 Å². The van der Waals surface area contributed by atoms with Crippen LogP contribution in [0.5, 0.6) is 0 Å². The summed E-state index contributed by atoms with van der Waals surface area (Å²) in [6.45, 7) is 0.265. The Hall–Kier alpha value is -2.03. The summed E-state index contributed by atoms with van der Waals surface area (Å²) in [5, 5.41) is 27.9. The first-order valence-corrected chi connectivity index (χ1v) is 4.99. The van der Waals surface area contributed by atoms with Crippen LogP contribution in [0.15, 0.2) is 0 Å². The van der Waals surface area contributed by atoms with Crippen molar-refractivity contribution in [3.05, 3.63) is 0 Å². The van der Waals surface area contributed by atoms with Crippen LogP contribution in [0.4, 0.5) is 0 Å². The number of guanidine groups is 2. The maximum atomic E-state index is 10.5. The van der Waals surface area contributed by atoms with Crippen molar-refractivity contribution < 1.29 is 9.90 Å². The van der Waals surface area contributed by atoms with Crippen LogP contribution in [0.25, 0.3) is 0 Å². The van der Waals surface area contributed by atoms with Crippen LogP contribution < -0.4 is 27.8 Å². The van der Waals surface area contributed by atoms with E-state index in [1.165, 1.54) is 0 Å². The van der Waals surface area contributed by atoms with Gasteiger partial charge in [-0.3, -0.25) is 15.6 Å². The summed E-state index contributed by atoms with van der Waals surface area (Å²) >= 11 is 0. The fraction of sp³-hybridized carbons (Fsp3) is 0.625. The first-order chi connectivity index (χ1) is 7.82. The molecule has 0 aromatic rings. The molecule has 1 unspecified atom stereocenters. The Morgan fingerprint density at radius 1 is 1.24 bits per heavy atom. The molecule has 0 aromatic carbocycles. The monoisotopic (exact) mass is 245 g/mol. The van der Waals surface area contributed by atoms with Crippen LogP contribution in [0.1, 0.15) is 12.8 Å². The molecule has 98 valence electrons. The number of nitrogens with two attached hydrogens (primary N) is 3. The molecule has 0 aliphatic heterocycles. The molecule has 17 heavy (non-hydrogen) atoms. The third-order valence-corrected chi connectivity index (χ3v) is 2.04. The number of rotatable bonds is 7. The Morgan fingerprint density at radius 3 is 2.24 bits per heavy atom. The van der Waals surface area contributed by atoms with E-state index in [4.69, 9.17) is 33.1 Å². The zero-order valence-corrected chi connectivity index (χ0v) is 9.36. The second-order valence-corrected chi connectivity index (χ2v) is 3.57. The predicted octanol–water partition coefficient (Wildman–Crippen LogP) is -2.49. The molecule has 0 aliphatic rings.